The number of nitrogens with one attached hydrogen (secondary N) is 2. The predicted octanol–water partition coefficient (Wildman–Crippen LogP) is 4.13. The molecule has 8 heteroatoms. The number of ether oxygens (including phenoxy) is 2. The molecule has 0 spiro atoms. The number of amides is 2. The van der Waals surface area contributed by atoms with Crippen molar-refractivity contribution < 1.29 is 19.1 Å². The van der Waals surface area contributed by atoms with Crippen molar-refractivity contribution in [1.82, 2.24) is 5.43 Å². The Morgan fingerprint density at radius 3 is 2.35 bits per heavy atom. The monoisotopic (exact) mass is 481 g/mol. The third-order valence-corrected chi connectivity index (χ3v) is 4.69. The SMILES string of the molecule is COc1ccccc1NC(=O)C(=O)N/N=C/c1ccccc1OCc1ccc(Br)cc1. The summed E-state index contributed by atoms with van der Waals surface area (Å²) in [6, 6.07) is 21.9. The smallest absolute Gasteiger partial charge is 0.329 e. The quantitative estimate of drug-likeness (QED) is 0.301. The van der Waals surface area contributed by atoms with Gasteiger partial charge in [0.15, 0.2) is 0 Å². The van der Waals surface area contributed by atoms with Crippen molar-refractivity contribution in [2.75, 3.05) is 12.4 Å². The Labute approximate surface area is 188 Å². The number of carbonyl (C=O) groups is 2. The van der Waals surface area contributed by atoms with Crippen LogP contribution < -0.4 is 20.2 Å². The Hall–Kier alpha value is -3.65. The third-order valence-electron chi connectivity index (χ3n) is 4.16. The predicted molar refractivity (Wildman–Crippen MR) is 122 cm³/mol. The Morgan fingerprint density at radius 2 is 1.61 bits per heavy atom. The summed E-state index contributed by atoms with van der Waals surface area (Å²) in [6.07, 6.45) is 1.42. The topological polar surface area (TPSA) is 89.0 Å². The molecular weight excluding hydrogens is 462 g/mol. The number of halogens is 1. The van der Waals surface area contributed by atoms with Gasteiger partial charge in [-0.2, -0.15) is 5.10 Å². The average Bonchev–Trinajstić information content (AvgIpc) is 2.79. The normalized spacial score (nSPS) is 10.5. The van der Waals surface area contributed by atoms with Gasteiger partial charge in [0.2, 0.25) is 0 Å². The largest absolute Gasteiger partial charge is 0.495 e. The first-order valence-corrected chi connectivity index (χ1v) is 10.1. The van der Waals surface area contributed by atoms with E-state index in [9.17, 15) is 9.59 Å². The molecule has 0 aliphatic carbocycles. The van der Waals surface area contributed by atoms with Crippen LogP contribution in [0.4, 0.5) is 5.69 Å². The molecule has 0 radical (unpaired) electrons. The minimum atomic E-state index is -0.907. The first-order chi connectivity index (χ1) is 15.1. The number of carbonyl (C=O) groups excluding carboxylic acids is 2. The first-order valence-electron chi connectivity index (χ1n) is 9.30. The molecule has 0 atom stereocenters. The van der Waals surface area contributed by atoms with Gasteiger partial charge in [-0.15, -0.1) is 0 Å². The maximum absolute atomic E-state index is 12.1. The van der Waals surface area contributed by atoms with Crippen molar-refractivity contribution in [3.05, 3.63) is 88.4 Å². The lowest BCUT2D eigenvalue weighted by atomic mass is 10.2. The Balaban J connectivity index is 1.58. The van der Waals surface area contributed by atoms with Crippen molar-refractivity contribution in [2.24, 2.45) is 5.10 Å². The highest BCUT2D eigenvalue weighted by Crippen LogP contribution is 2.23. The third kappa shape index (κ3) is 6.42. The Kier molecular flexibility index (Phi) is 7.78. The number of rotatable bonds is 7. The maximum Gasteiger partial charge on any atom is 0.329 e. The van der Waals surface area contributed by atoms with E-state index in [0.29, 0.717) is 29.4 Å². The van der Waals surface area contributed by atoms with Crippen LogP contribution in [0.3, 0.4) is 0 Å². The minimum absolute atomic E-state index is 0.381. The van der Waals surface area contributed by atoms with E-state index in [4.69, 9.17) is 9.47 Å². The molecule has 3 aromatic rings. The zero-order valence-electron chi connectivity index (χ0n) is 16.7. The lowest BCUT2D eigenvalue weighted by Gasteiger charge is -2.09. The summed E-state index contributed by atoms with van der Waals surface area (Å²) in [4.78, 5) is 24.1. The van der Waals surface area contributed by atoms with Gasteiger partial charge in [-0.3, -0.25) is 9.59 Å². The van der Waals surface area contributed by atoms with Crippen molar-refractivity contribution in [3.8, 4) is 11.5 Å². The Bertz CT molecular complexity index is 1080. The van der Waals surface area contributed by atoms with Crippen molar-refractivity contribution in [3.63, 3.8) is 0 Å². The highest BCUT2D eigenvalue weighted by Gasteiger charge is 2.15. The van der Waals surface area contributed by atoms with Crippen molar-refractivity contribution in [2.45, 2.75) is 6.61 Å². The molecule has 0 aliphatic heterocycles. The molecule has 0 saturated heterocycles. The number of hydrogen-bond donors (Lipinski definition) is 2. The fraction of sp³-hybridized carbons (Fsp3) is 0.0870. The molecule has 0 bridgehead atoms. The molecule has 158 valence electrons. The number of methoxy groups -OCH3 is 1. The van der Waals surface area contributed by atoms with Gasteiger partial charge >= 0.3 is 11.8 Å². The molecule has 0 aliphatic rings. The van der Waals surface area contributed by atoms with E-state index in [1.165, 1.54) is 13.3 Å². The van der Waals surface area contributed by atoms with Crippen molar-refractivity contribution in [1.29, 1.82) is 0 Å². The molecule has 31 heavy (non-hydrogen) atoms. The molecule has 0 saturated carbocycles. The highest BCUT2D eigenvalue weighted by atomic mass is 79.9. The van der Waals surface area contributed by atoms with Gasteiger partial charge in [-0.1, -0.05) is 52.3 Å². The number of para-hydroxylation sites is 3. The summed E-state index contributed by atoms with van der Waals surface area (Å²) >= 11 is 3.40. The van der Waals surface area contributed by atoms with E-state index < -0.39 is 11.8 Å². The minimum Gasteiger partial charge on any atom is -0.495 e. The second kappa shape index (κ2) is 10.9. The van der Waals surface area contributed by atoms with Crippen LogP contribution >= 0.6 is 15.9 Å². The van der Waals surface area contributed by atoms with E-state index in [-0.39, 0.29) is 0 Å². The number of benzene rings is 3. The molecule has 3 rings (SSSR count). The first kappa shape index (κ1) is 22.0. The average molecular weight is 482 g/mol. The number of hydrogen-bond acceptors (Lipinski definition) is 5. The van der Waals surface area contributed by atoms with Crippen LogP contribution in [0.5, 0.6) is 11.5 Å². The summed E-state index contributed by atoms with van der Waals surface area (Å²) in [5.41, 5.74) is 4.27. The van der Waals surface area contributed by atoms with Gasteiger partial charge in [-0.05, 0) is 42.0 Å². The second-order valence-corrected chi connectivity index (χ2v) is 7.22. The fourth-order valence-electron chi connectivity index (χ4n) is 2.60. The lowest BCUT2D eigenvalue weighted by Crippen LogP contribution is -2.32. The number of nitrogens with zero attached hydrogens (tertiary/aromatic N) is 1. The molecule has 2 amide bonds. The molecule has 0 unspecified atom stereocenters. The van der Waals surface area contributed by atoms with E-state index in [2.05, 4.69) is 31.8 Å². The van der Waals surface area contributed by atoms with Gasteiger partial charge in [0.25, 0.3) is 0 Å². The molecule has 2 N–H and O–H groups in total. The van der Waals surface area contributed by atoms with Crippen LogP contribution in [0.1, 0.15) is 11.1 Å². The van der Waals surface area contributed by atoms with Gasteiger partial charge in [0, 0.05) is 10.0 Å². The van der Waals surface area contributed by atoms with Crippen LogP contribution in [0, 0.1) is 0 Å². The molecule has 7 nitrogen and oxygen atoms in total. The van der Waals surface area contributed by atoms with Crippen LogP contribution in [-0.2, 0) is 16.2 Å². The van der Waals surface area contributed by atoms with Crippen LogP contribution in [0.15, 0.2) is 82.4 Å². The van der Waals surface area contributed by atoms with Crippen LogP contribution in [0.2, 0.25) is 0 Å². The highest BCUT2D eigenvalue weighted by molar-refractivity contribution is 9.10. The second-order valence-electron chi connectivity index (χ2n) is 6.31. The summed E-state index contributed by atoms with van der Waals surface area (Å²) < 4.78 is 12.0. The maximum atomic E-state index is 12.1. The molecule has 0 aromatic heterocycles. The van der Waals surface area contributed by atoms with E-state index in [1.807, 2.05) is 36.4 Å². The molecule has 0 heterocycles. The molecule has 3 aromatic carbocycles. The van der Waals surface area contributed by atoms with Gasteiger partial charge in [0.05, 0.1) is 19.0 Å². The summed E-state index contributed by atoms with van der Waals surface area (Å²) in [6.45, 7) is 0.381. The van der Waals surface area contributed by atoms with Crippen LogP contribution in [0.25, 0.3) is 0 Å². The zero-order chi connectivity index (χ0) is 22.1. The summed E-state index contributed by atoms with van der Waals surface area (Å²) in [5.74, 6) is -0.720. The van der Waals surface area contributed by atoms with Gasteiger partial charge < -0.3 is 14.8 Å². The fourth-order valence-corrected chi connectivity index (χ4v) is 2.86. The van der Waals surface area contributed by atoms with Gasteiger partial charge in [-0.25, -0.2) is 5.43 Å². The van der Waals surface area contributed by atoms with E-state index >= 15 is 0 Å². The summed E-state index contributed by atoms with van der Waals surface area (Å²) in [5, 5.41) is 6.36. The molecule has 0 fully saturated rings. The lowest BCUT2D eigenvalue weighted by molar-refractivity contribution is -0.136. The van der Waals surface area contributed by atoms with E-state index in [1.54, 1.807) is 36.4 Å². The summed E-state index contributed by atoms with van der Waals surface area (Å²) in [7, 11) is 1.48. The standard InChI is InChI=1S/C23H20BrN3O4/c1-30-21-9-5-3-7-19(21)26-22(28)23(29)27-25-14-17-6-2-4-8-20(17)31-15-16-10-12-18(24)13-11-16/h2-14H,15H2,1H3,(H,26,28)(H,27,29)/b25-14+. The number of hydrazone groups is 1. The Morgan fingerprint density at radius 1 is 0.935 bits per heavy atom. The molecular formula is C23H20BrN3O4. The van der Waals surface area contributed by atoms with Crippen LogP contribution in [-0.4, -0.2) is 25.1 Å². The zero-order valence-corrected chi connectivity index (χ0v) is 18.3. The van der Waals surface area contributed by atoms with Crippen molar-refractivity contribution >= 4 is 39.6 Å². The number of anilines is 1. The van der Waals surface area contributed by atoms with E-state index in [0.717, 1.165) is 10.0 Å². The van der Waals surface area contributed by atoms with Gasteiger partial charge in [0.1, 0.15) is 18.1 Å².